The van der Waals surface area contributed by atoms with Gasteiger partial charge in [0.15, 0.2) is 0 Å². The largest absolute Gasteiger partial charge is 0.357 e. The van der Waals surface area contributed by atoms with E-state index < -0.39 is 6.04 Å². The summed E-state index contributed by atoms with van der Waals surface area (Å²) in [5.74, 6) is -0.261. The van der Waals surface area contributed by atoms with Crippen molar-refractivity contribution in [2.45, 2.75) is 13.0 Å². The lowest BCUT2D eigenvalue weighted by molar-refractivity contribution is -0.137. The summed E-state index contributed by atoms with van der Waals surface area (Å²) in [6.07, 6.45) is 6.80. The van der Waals surface area contributed by atoms with E-state index in [2.05, 4.69) is 10.6 Å². The summed E-state index contributed by atoms with van der Waals surface area (Å²) in [6.45, 7) is 3.66. The van der Waals surface area contributed by atoms with Gasteiger partial charge in [0.25, 0.3) is 0 Å². The van der Waals surface area contributed by atoms with E-state index in [-0.39, 0.29) is 11.8 Å². The molecule has 2 amide bonds. The highest BCUT2D eigenvalue weighted by Crippen LogP contribution is 2.05. The number of hydrogen-bond acceptors (Lipinski definition) is 3. The molecule has 94 valence electrons. The number of nitrogens with one attached hydrogen (secondary N) is 2. The van der Waals surface area contributed by atoms with Crippen LogP contribution in [0.1, 0.15) is 6.92 Å². The normalized spacial score (nSPS) is 21.1. The van der Waals surface area contributed by atoms with E-state index in [0.717, 1.165) is 6.54 Å². The summed E-state index contributed by atoms with van der Waals surface area (Å²) in [6, 6.07) is -0.420. The van der Waals surface area contributed by atoms with Gasteiger partial charge in [0.1, 0.15) is 6.04 Å². The second-order valence-corrected chi connectivity index (χ2v) is 3.75. The van der Waals surface area contributed by atoms with Crippen LogP contribution in [0.25, 0.3) is 0 Å². The van der Waals surface area contributed by atoms with Crippen LogP contribution in [0.15, 0.2) is 24.3 Å². The van der Waals surface area contributed by atoms with Gasteiger partial charge in [-0.05, 0) is 6.92 Å². The van der Waals surface area contributed by atoms with Crippen LogP contribution in [-0.2, 0) is 9.59 Å². The molecule has 0 bridgehead atoms. The standard InChI is InChI=1S/C12H19N3O2/c1-3-4-5-6-11(16)15-8-7-14-9-10(15)12(17)13-2/h3-6,10,14H,7-9H2,1-2H3,(H,13,17). The zero-order chi connectivity index (χ0) is 12.7. The van der Waals surface area contributed by atoms with Crippen LogP contribution in [-0.4, -0.2) is 49.4 Å². The molecule has 5 nitrogen and oxygen atoms in total. The van der Waals surface area contributed by atoms with E-state index >= 15 is 0 Å². The zero-order valence-electron chi connectivity index (χ0n) is 10.3. The lowest BCUT2D eigenvalue weighted by Crippen LogP contribution is -2.58. The van der Waals surface area contributed by atoms with Crippen molar-refractivity contribution in [2.24, 2.45) is 0 Å². The molecule has 1 fully saturated rings. The Labute approximate surface area is 102 Å². The highest BCUT2D eigenvalue weighted by Gasteiger charge is 2.30. The third-order valence-electron chi connectivity index (χ3n) is 2.62. The Morgan fingerprint density at radius 1 is 1.41 bits per heavy atom. The molecule has 5 heteroatoms. The van der Waals surface area contributed by atoms with Crippen LogP contribution in [0.2, 0.25) is 0 Å². The van der Waals surface area contributed by atoms with E-state index in [0.29, 0.717) is 13.1 Å². The van der Waals surface area contributed by atoms with Gasteiger partial charge in [-0.2, -0.15) is 0 Å². The Morgan fingerprint density at radius 3 is 2.82 bits per heavy atom. The number of carbonyl (C=O) groups is 2. The fraction of sp³-hybridized carbons (Fsp3) is 0.500. The molecule has 0 aliphatic carbocycles. The summed E-state index contributed by atoms with van der Waals surface area (Å²) >= 11 is 0. The van der Waals surface area contributed by atoms with E-state index in [4.69, 9.17) is 0 Å². The van der Waals surface area contributed by atoms with Crippen molar-refractivity contribution in [3.8, 4) is 0 Å². The maximum atomic E-state index is 11.9. The maximum Gasteiger partial charge on any atom is 0.247 e. The number of hydrogen-bond donors (Lipinski definition) is 2. The second-order valence-electron chi connectivity index (χ2n) is 3.75. The van der Waals surface area contributed by atoms with Crippen molar-refractivity contribution in [1.82, 2.24) is 15.5 Å². The van der Waals surface area contributed by atoms with E-state index in [1.165, 1.54) is 6.08 Å². The maximum absolute atomic E-state index is 11.9. The predicted octanol–water partition coefficient (Wildman–Crippen LogP) is -0.335. The van der Waals surface area contributed by atoms with Gasteiger partial charge in [-0.1, -0.05) is 18.2 Å². The molecule has 0 radical (unpaired) electrons. The average molecular weight is 237 g/mol. The molecular weight excluding hydrogens is 218 g/mol. The number of allylic oxidation sites excluding steroid dienone is 3. The minimum Gasteiger partial charge on any atom is -0.357 e. The molecule has 1 rings (SSSR count). The molecule has 1 heterocycles. The van der Waals surface area contributed by atoms with Crippen molar-refractivity contribution in [3.05, 3.63) is 24.3 Å². The van der Waals surface area contributed by atoms with Gasteiger partial charge in [0, 0.05) is 32.8 Å². The van der Waals surface area contributed by atoms with Crippen LogP contribution in [0.3, 0.4) is 0 Å². The van der Waals surface area contributed by atoms with Crippen LogP contribution in [0.4, 0.5) is 0 Å². The van der Waals surface area contributed by atoms with Gasteiger partial charge < -0.3 is 15.5 Å². The SMILES string of the molecule is CC=CC=CC(=O)N1CCNCC1C(=O)NC. The van der Waals surface area contributed by atoms with Crippen molar-refractivity contribution < 1.29 is 9.59 Å². The van der Waals surface area contributed by atoms with E-state index in [1.54, 1.807) is 24.1 Å². The van der Waals surface area contributed by atoms with Gasteiger partial charge >= 0.3 is 0 Å². The summed E-state index contributed by atoms with van der Waals surface area (Å²) < 4.78 is 0. The van der Waals surface area contributed by atoms with E-state index in [1.807, 2.05) is 13.0 Å². The number of rotatable bonds is 3. The third kappa shape index (κ3) is 3.71. The number of likely N-dealkylation sites (N-methyl/N-ethyl adjacent to an activating group) is 1. The summed E-state index contributed by atoms with van der Waals surface area (Å²) in [4.78, 5) is 25.1. The molecule has 1 atom stereocenters. The number of carbonyl (C=O) groups excluding carboxylic acids is 2. The Kier molecular flexibility index (Phi) is 5.42. The highest BCUT2D eigenvalue weighted by atomic mass is 16.2. The van der Waals surface area contributed by atoms with Crippen LogP contribution >= 0.6 is 0 Å². The molecule has 1 aliphatic heterocycles. The first-order valence-electron chi connectivity index (χ1n) is 5.73. The van der Waals surface area contributed by atoms with Gasteiger partial charge in [-0.25, -0.2) is 0 Å². The molecule has 0 saturated carbocycles. The van der Waals surface area contributed by atoms with Crippen molar-refractivity contribution in [3.63, 3.8) is 0 Å². The Morgan fingerprint density at radius 2 is 2.18 bits per heavy atom. The Balaban J connectivity index is 2.70. The summed E-state index contributed by atoms with van der Waals surface area (Å²) in [7, 11) is 1.58. The first-order chi connectivity index (χ1) is 8.20. The zero-order valence-corrected chi connectivity index (χ0v) is 10.3. The Hall–Kier alpha value is -1.62. The first-order valence-corrected chi connectivity index (χ1v) is 5.73. The van der Waals surface area contributed by atoms with Crippen LogP contribution in [0, 0.1) is 0 Å². The molecule has 17 heavy (non-hydrogen) atoms. The molecule has 0 aromatic carbocycles. The molecule has 1 unspecified atom stereocenters. The smallest absolute Gasteiger partial charge is 0.247 e. The summed E-state index contributed by atoms with van der Waals surface area (Å²) in [5.41, 5.74) is 0. The molecule has 1 saturated heterocycles. The fourth-order valence-electron chi connectivity index (χ4n) is 1.71. The average Bonchev–Trinajstić information content (AvgIpc) is 2.38. The highest BCUT2D eigenvalue weighted by molar-refractivity contribution is 5.93. The van der Waals surface area contributed by atoms with Crippen molar-refractivity contribution in [1.29, 1.82) is 0 Å². The lowest BCUT2D eigenvalue weighted by Gasteiger charge is -2.34. The minimum absolute atomic E-state index is 0.127. The number of piperazine rings is 1. The number of nitrogens with zero attached hydrogens (tertiary/aromatic N) is 1. The van der Waals surface area contributed by atoms with Crippen molar-refractivity contribution in [2.75, 3.05) is 26.7 Å². The topological polar surface area (TPSA) is 61.4 Å². The second kappa shape index (κ2) is 6.85. The van der Waals surface area contributed by atoms with Crippen molar-refractivity contribution >= 4 is 11.8 Å². The fourth-order valence-corrected chi connectivity index (χ4v) is 1.71. The molecule has 0 aromatic rings. The van der Waals surface area contributed by atoms with E-state index in [9.17, 15) is 9.59 Å². The Bertz CT molecular complexity index is 337. The molecule has 1 aliphatic rings. The van der Waals surface area contributed by atoms with Gasteiger partial charge in [-0.15, -0.1) is 0 Å². The molecule has 0 aromatic heterocycles. The predicted molar refractivity (Wildman–Crippen MR) is 66.4 cm³/mol. The molecular formula is C12H19N3O2. The summed E-state index contributed by atoms with van der Waals surface area (Å²) in [5, 5.41) is 5.69. The van der Waals surface area contributed by atoms with Gasteiger partial charge in [0.05, 0.1) is 0 Å². The quantitative estimate of drug-likeness (QED) is 0.522. The molecule has 0 spiro atoms. The van der Waals surface area contributed by atoms with Gasteiger partial charge in [0.2, 0.25) is 11.8 Å². The van der Waals surface area contributed by atoms with Crippen LogP contribution < -0.4 is 10.6 Å². The monoisotopic (exact) mass is 237 g/mol. The lowest BCUT2D eigenvalue weighted by atomic mass is 10.1. The molecule has 2 N–H and O–H groups in total. The first kappa shape index (κ1) is 13.4. The third-order valence-corrected chi connectivity index (χ3v) is 2.62. The van der Waals surface area contributed by atoms with Gasteiger partial charge in [-0.3, -0.25) is 9.59 Å². The van der Waals surface area contributed by atoms with Crippen LogP contribution in [0.5, 0.6) is 0 Å². The minimum atomic E-state index is -0.420. The number of amides is 2.